The molecule has 4 aromatic rings. The highest BCUT2D eigenvalue weighted by Crippen LogP contribution is 2.30. The van der Waals surface area contributed by atoms with Crippen LogP contribution in [0.5, 0.6) is 0 Å². The van der Waals surface area contributed by atoms with Crippen molar-refractivity contribution >= 4 is 29.0 Å². The van der Waals surface area contributed by atoms with Gasteiger partial charge in [-0.1, -0.05) is 49.2 Å². The normalized spacial score (nSPS) is 11.0. The number of unbranched alkanes of at least 4 members (excludes halogenated alkanes) is 2. The van der Waals surface area contributed by atoms with Gasteiger partial charge in [0.2, 0.25) is 0 Å². The van der Waals surface area contributed by atoms with Crippen molar-refractivity contribution < 1.29 is 4.79 Å². The molecule has 0 spiro atoms. The monoisotopic (exact) mass is 478 g/mol. The van der Waals surface area contributed by atoms with Crippen LogP contribution in [-0.4, -0.2) is 37.2 Å². The van der Waals surface area contributed by atoms with Crippen LogP contribution >= 0.6 is 23.1 Å². The molecular weight excluding hydrogens is 452 g/mol. The minimum Gasteiger partial charge on any atom is -0.351 e. The number of thioether (sulfide) groups is 1. The number of hydrogen-bond donors (Lipinski definition) is 1. The van der Waals surface area contributed by atoms with E-state index in [1.54, 1.807) is 24.2 Å². The SMILES string of the molecule is CCCCCNC(=O)c1csc(CSc2nnc(-c3cccnc3)n2-c2ccc(C)cc2)n1. The number of amides is 1. The lowest BCUT2D eigenvalue weighted by atomic mass is 10.2. The Kier molecular flexibility index (Phi) is 7.85. The highest BCUT2D eigenvalue weighted by atomic mass is 32.2. The molecule has 1 N–H and O–H groups in total. The molecule has 3 heterocycles. The molecule has 0 radical (unpaired) electrons. The van der Waals surface area contributed by atoms with Crippen LogP contribution < -0.4 is 5.32 Å². The molecule has 9 heteroatoms. The van der Waals surface area contributed by atoms with Crippen molar-refractivity contribution in [3.8, 4) is 17.1 Å². The van der Waals surface area contributed by atoms with Gasteiger partial charge in [0.15, 0.2) is 11.0 Å². The van der Waals surface area contributed by atoms with Crippen LogP contribution in [0.15, 0.2) is 59.3 Å². The molecule has 0 saturated carbocycles. The van der Waals surface area contributed by atoms with Gasteiger partial charge in [-0.05, 0) is 37.6 Å². The first-order valence-corrected chi connectivity index (χ1v) is 12.8. The van der Waals surface area contributed by atoms with Gasteiger partial charge >= 0.3 is 0 Å². The Balaban J connectivity index is 1.51. The molecule has 0 aliphatic heterocycles. The van der Waals surface area contributed by atoms with Crippen molar-refractivity contribution in [2.75, 3.05) is 6.54 Å². The van der Waals surface area contributed by atoms with Crippen LogP contribution in [-0.2, 0) is 5.75 Å². The number of nitrogens with zero attached hydrogens (tertiary/aromatic N) is 5. The van der Waals surface area contributed by atoms with E-state index in [4.69, 9.17) is 0 Å². The Hall–Kier alpha value is -3.04. The summed E-state index contributed by atoms with van der Waals surface area (Å²) >= 11 is 3.04. The first kappa shape index (κ1) is 23.1. The zero-order valence-corrected chi connectivity index (χ0v) is 20.3. The van der Waals surface area contributed by atoms with Crippen molar-refractivity contribution in [1.82, 2.24) is 30.0 Å². The van der Waals surface area contributed by atoms with Crippen LogP contribution in [0.4, 0.5) is 0 Å². The van der Waals surface area contributed by atoms with E-state index in [1.807, 2.05) is 22.1 Å². The van der Waals surface area contributed by atoms with Gasteiger partial charge < -0.3 is 5.32 Å². The van der Waals surface area contributed by atoms with Gasteiger partial charge in [0.1, 0.15) is 10.7 Å². The average molecular weight is 479 g/mol. The van der Waals surface area contributed by atoms with Gasteiger partial charge in [-0.3, -0.25) is 14.3 Å². The Morgan fingerprint density at radius 3 is 2.76 bits per heavy atom. The highest BCUT2D eigenvalue weighted by Gasteiger charge is 2.17. The lowest BCUT2D eigenvalue weighted by Gasteiger charge is -2.10. The molecule has 33 heavy (non-hydrogen) atoms. The quantitative estimate of drug-likeness (QED) is 0.246. The smallest absolute Gasteiger partial charge is 0.270 e. The fourth-order valence-corrected chi connectivity index (χ4v) is 4.99. The summed E-state index contributed by atoms with van der Waals surface area (Å²) in [4.78, 5) is 21.1. The van der Waals surface area contributed by atoms with Crippen LogP contribution in [0.25, 0.3) is 17.1 Å². The molecule has 0 aliphatic carbocycles. The van der Waals surface area contributed by atoms with E-state index in [1.165, 1.54) is 16.9 Å². The molecule has 7 nitrogen and oxygen atoms in total. The van der Waals surface area contributed by atoms with E-state index in [2.05, 4.69) is 63.6 Å². The van der Waals surface area contributed by atoms with Gasteiger partial charge in [-0.2, -0.15) is 0 Å². The van der Waals surface area contributed by atoms with Gasteiger partial charge in [-0.25, -0.2) is 4.98 Å². The van der Waals surface area contributed by atoms with Gasteiger partial charge in [0.25, 0.3) is 5.91 Å². The third-order valence-corrected chi connectivity index (χ3v) is 6.99. The summed E-state index contributed by atoms with van der Waals surface area (Å²) in [7, 11) is 0. The molecule has 0 saturated heterocycles. The molecule has 3 aromatic heterocycles. The molecule has 0 bridgehead atoms. The van der Waals surface area contributed by atoms with E-state index in [9.17, 15) is 4.79 Å². The largest absolute Gasteiger partial charge is 0.351 e. The Labute approximate surface area is 201 Å². The summed E-state index contributed by atoms with van der Waals surface area (Å²) in [5, 5.41) is 15.3. The summed E-state index contributed by atoms with van der Waals surface area (Å²) < 4.78 is 2.04. The van der Waals surface area contributed by atoms with Crippen LogP contribution in [0.1, 0.15) is 47.2 Å². The third-order valence-electron chi connectivity index (χ3n) is 5.02. The number of benzene rings is 1. The van der Waals surface area contributed by atoms with Crippen LogP contribution in [0.2, 0.25) is 0 Å². The van der Waals surface area contributed by atoms with E-state index in [-0.39, 0.29) is 5.91 Å². The Morgan fingerprint density at radius 2 is 2.00 bits per heavy atom. The second-order valence-electron chi connectivity index (χ2n) is 7.60. The van der Waals surface area contributed by atoms with E-state index < -0.39 is 0 Å². The Bertz CT molecular complexity index is 1190. The number of carbonyl (C=O) groups excluding carboxylic acids is 1. The molecule has 4 rings (SSSR count). The molecule has 0 fully saturated rings. The maximum absolute atomic E-state index is 12.3. The summed E-state index contributed by atoms with van der Waals surface area (Å²) in [6, 6.07) is 12.1. The number of thiazole rings is 1. The number of nitrogens with one attached hydrogen (secondary N) is 1. The number of pyridine rings is 1. The third kappa shape index (κ3) is 5.85. The average Bonchev–Trinajstić information content (AvgIpc) is 3.49. The highest BCUT2D eigenvalue weighted by molar-refractivity contribution is 7.98. The number of carbonyl (C=O) groups is 1. The second-order valence-corrected chi connectivity index (χ2v) is 9.48. The summed E-state index contributed by atoms with van der Waals surface area (Å²) in [5.41, 5.74) is 3.54. The summed E-state index contributed by atoms with van der Waals surface area (Å²) in [5.74, 6) is 1.23. The molecule has 170 valence electrons. The lowest BCUT2D eigenvalue weighted by molar-refractivity contribution is 0.0948. The van der Waals surface area contributed by atoms with Gasteiger partial charge in [-0.15, -0.1) is 21.5 Å². The van der Waals surface area contributed by atoms with Gasteiger partial charge in [0.05, 0.1) is 5.75 Å². The predicted octanol–water partition coefficient (Wildman–Crippen LogP) is 5.31. The number of hydrogen-bond acceptors (Lipinski definition) is 7. The summed E-state index contributed by atoms with van der Waals surface area (Å²) in [6.45, 7) is 4.89. The number of aromatic nitrogens is 5. The molecule has 0 aliphatic rings. The first-order chi connectivity index (χ1) is 16.2. The fourth-order valence-electron chi connectivity index (χ4n) is 3.25. The van der Waals surface area contributed by atoms with Crippen molar-refractivity contribution in [3.63, 3.8) is 0 Å². The molecular formula is C24H26N6OS2. The number of aryl methyl sites for hydroxylation is 1. The van der Waals surface area contributed by atoms with E-state index in [0.717, 1.165) is 46.5 Å². The maximum Gasteiger partial charge on any atom is 0.270 e. The zero-order valence-electron chi connectivity index (χ0n) is 18.7. The lowest BCUT2D eigenvalue weighted by Crippen LogP contribution is -2.24. The maximum atomic E-state index is 12.3. The minimum atomic E-state index is -0.111. The van der Waals surface area contributed by atoms with Crippen LogP contribution in [0, 0.1) is 6.92 Å². The van der Waals surface area contributed by atoms with Crippen molar-refractivity contribution in [1.29, 1.82) is 0 Å². The summed E-state index contributed by atoms with van der Waals surface area (Å²) in [6.07, 6.45) is 6.76. The van der Waals surface area contributed by atoms with Crippen LogP contribution in [0.3, 0.4) is 0 Å². The Morgan fingerprint density at radius 1 is 1.15 bits per heavy atom. The predicted molar refractivity (Wildman–Crippen MR) is 133 cm³/mol. The van der Waals surface area contributed by atoms with E-state index in [0.29, 0.717) is 18.0 Å². The standard InChI is InChI=1S/C24H26N6OS2/c1-3-4-5-13-26-23(31)20-15-32-21(27-20)16-33-24-29-28-22(18-7-6-12-25-14-18)30(24)19-10-8-17(2)9-11-19/h6-12,14-15H,3-5,13,16H2,1-2H3,(H,26,31). The molecule has 1 aromatic carbocycles. The van der Waals surface area contributed by atoms with Crippen molar-refractivity contribution in [2.24, 2.45) is 0 Å². The second kappa shape index (κ2) is 11.2. The van der Waals surface area contributed by atoms with Crippen molar-refractivity contribution in [3.05, 3.63) is 70.4 Å². The molecule has 1 amide bonds. The van der Waals surface area contributed by atoms with Crippen molar-refractivity contribution in [2.45, 2.75) is 44.0 Å². The van der Waals surface area contributed by atoms with E-state index >= 15 is 0 Å². The molecule has 0 atom stereocenters. The first-order valence-electron chi connectivity index (χ1n) is 10.9. The minimum absolute atomic E-state index is 0.111. The molecule has 0 unspecified atom stereocenters. The zero-order chi connectivity index (χ0) is 23.0. The van der Waals surface area contributed by atoms with Gasteiger partial charge in [0, 0.05) is 35.6 Å². The number of rotatable bonds is 10. The fraction of sp³-hybridized carbons (Fsp3) is 0.292. The topological polar surface area (TPSA) is 85.6 Å².